The van der Waals surface area contributed by atoms with Crippen LogP contribution in [-0.2, 0) is 6.61 Å². The molecule has 152 valence electrons. The van der Waals surface area contributed by atoms with Crippen LogP contribution in [0.15, 0.2) is 77.9 Å². The van der Waals surface area contributed by atoms with E-state index in [1.165, 1.54) is 19.4 Å². The van der Waals surface area contributed by atoms with Crippen molar-refractivity contribution in [3.05, 3.63) is 95.1 Å². The highest BCUT2D eigenvalue weighted by Crippen LogP contribution is 2.28. The van der Waals surface area contributed by atoms with Gasteiger partial charge in [0.1, 0.15) is 6.61 Å². The van der Waals surface area contributed by atoms with Crippen LogP contribution in [-0.4, -0.2) is 30.3 Å². The molecule has 0 radical (unpaired) electrons. The second-order valence-electron chi connectivity index (χ2n) is 6.27. The number of carboxylic acids is 1. The number of ether oxygens (including phenoxy) is 2. The Hall–Kier alpha value is -4.13. The third kappa shape index (κ3) is 5.45. The SMILES string of the molecule is COc1cc(/C=N\NC(=O)c2ccccc2)ccc1OCc1cccc(C(=O)O)c1. The lowest BCUT2D eigenvalue weighted by molar-refractivity contribution is 0.0696. The Labute approximate surface area is 173 Å². The normalized spacial score (nSPS) is 10.6. The van der Waals surface area contributed by atoms with Gasteiger partial charge in [-0.15, -0.1) is 0 Å². The first-order valence-corrected chi connectivity index (χ1v) is 9.08. The van der Waals surface area contributed by atoms with E-state index in [1.807, 2.05) is 6.07 Å². The van der Waals surface area contributed by atoms with Gasteiger partial charge < -0.3 is 14.6 Å². The van der Waals surface area contributed by atoms with Gasteiger partial charge in [-0.2, -0.15) is 5.10 Å². The van der Waals surface area contributed by atoms with E-state index in [0.29, 0.717) is 22.6 Å². The molecule has 3 aromatic carbocycles. The van der Waals surface area contributed by atoms with Crippen LogP contribution in [0.1, 0.15) is 31.8 Å². The largest absolute Gasteiger partial charge is 0.493 e. The monoisotopic (exact) mass is 404 g/mol. The standard InChI is InChI=1S/C23H20N2O5/c1-29-21-13-16(14-24-25-22(26)18-7-3-2-4-8-18)10-11-20(21)30-15-17-6-5-9-19(12-17)23(27)28/h2-14H,15H2,1H3,(H,25,26)(H,27,28)/b24-14-. The van der Waals surface area contributed by atoms with Gasteiger partial charge in [0.2, 0.25) is 0 Å². The zero-order valence-electron chi connectivity index (χ0n) is 16.2. The maximum absolute atomic E-state index is 12.0. The molecule has 0 unspecified atom stereocenters. The number of aromatic carboxylic acids is 1. The molecule has 0 saturated heterocycles. The number of amides is 1. The summed E-state index contributed by atoms with van der Waals surface area (Å²) in [5.41, 5.74) is 4.63. The Balaban J connectivity index is 1.64. The van der Waals surface area contributed by atoms with Gasteiger partial charge in [0, 0.05) is 5.56 Å². The Bertz CT molecular complexity index is 1060. The van der Waals surface area contributed by atoms with Crippen molar-refractivity contribution in [2.45, 2.75) is 6.61 Å². The van der Waals surface area contributed by atoms with Gasteiger partial charge in [-0.1, -0.05) is 30.3 Å². The molecule has 0 aromatic heterocycles. The third-order valence-electron chi connectivity index (χ3n) is 4.17. The summed E-state index contributed by atoms with van der Waals surface area (Å²) in [6, 6.07) is 20.5. The summed E-state index contributed by atoms with van der Waals surface area (Å²) in [5, 5.41) is 13.0. The van der Waals surface area contributed by atoms with Crippen LogP contribution < -0.4 is 14.9 Å². The fourth-order valence-electron chi connectivity index (χ4n) is 2.66. The number of hydrazone groups is 1. The Kier molecular flexibility index (Phi) is 6.78. The molecule has 30 heavy (non-hydrogen) atoms. The summed E-state index contributed by atoms with van der Waals surface area (Å²) in [6.07, 6.45) is 1.50. The lowest BCUT2D eigenvalue weighted by atomic mass is 10.1. The molecular formula is C23H20N2O5. The van der Waals surface area contributed by atoms with Crippen LogP contribution in [0, 0.1) is 0 Å². The average molecular weight is 404 g/mol. The van der Waals surface area contributed by atoms with E-state index in [9.17, 15) is 9.59 Å². The number of nitrogens with zero attached hydrogens (tertiary/aromatic N) is 1. The fraction of sp³-hybridized carbons (Fsp3) is 0.0870. The van der Waals surface area contributed by atoms with E-state index < -0.39 is 5.97 Å². The number of methoxy groups -OCH3 is 1. The summed E-state index contributed by atoms with van der Waals surface area (Å²) in [6.45, 7) is 0.193. The number of hydrogen-bond donors (Lipinski definition) is 2. The summed E-state index contributed by atoms with van der Waals surface area (Å²) in [7, 11) is 1.52. The van der Waals surface area contributed by atoms with E-state index in [4.69, 9.17) is 14.6 Å². The first-order chi connectivity index (χ1) is 14.6. The molecule has 0 spiro atoms. The van der Waals surface area contributed by atoms with Gasteiger partial charge in [0.15, 0.2) is 11.5 Å². The topological polar surface area (TPSA) is 97.2 Å². The second kappa shape index (κ2) is 9.88. The molecule has 0 heterocycles. The number of nitrogens with one attached hydrogen (secondary N) is 1. The van der Waals surface area contributed by atoms with Crippen LogP contribution in [0.5, 0.6) is 11.5 Å². The Morgan fingerprint density at radius 2 is 1.73 bits per heavy atom. The van der Waals surface area contributed by atoms with Crippen molar-refractivity contribution >= 4 is 18.1 Å². The van der Waals surface area contributed by atoms with Gasteiger partial charge in [0.05, 0.1) is 18.9 Å². The molecule has 3 aromatic rings. The molecule has 1 amide bonds. The summed E-state index contributed by atoms with van der Waals surface area (Å²) < 4.78 is 11.1. The minimum Gasteiger partial charge on any atom is -0.493 e. The Morgan fingerprint density at radius 3 is 2.47 bits per heavy atom. The summed E-state index contributed by atoms with van der Waals surface area (Å²) in [5.74, 6) is -0.300. The summed E-state index contributed by atoms with van der Waals surface area (Å²) >= 11 is 0. The highest BCUT2D eigenvalue weighted by Gasteiger charge is 2.08. The van der Waals surface area contributed by atoms with Gasteiger partial charge in [-0.05, 0) is 53.6 Å². The van der Waals surface area contributed by atoms with E-state index in [1.54, 1.807) is 60.7 Å². The lowest BCUT2D eigenvalue weighted by Crippen LogP contribution is -2.17. The Morgan fingerprint density at radius 1 is 0.967 bits per heavy atom. The highest BCUT2D eigenvalue weighted by atomic mass is 16.5. The van der Waals surface area contributed by atoms with Crippen molar-refractivity contribution in [3.8, 4) is 11.5 Å². The molecule has 0 bridgehead atoms. The van der Waals surface area contributed by atoms with E-state index >= 15 is 0 Å². The van der Waals surface area contributed by atoms with Crippen LogP contribution in [0.2, 0.25) is 0 Å². The molecule has 0 atom stereocenters. The molecular weight excluding hydrogens is 384 g/mol. The van der Waals surface area contributed by atoms with Crippen molar-refractivity contribution in [2.75, 3.05) is 7.11 Å². The number of carboxylic acid groups (broad SMARTS) is 1. The zero-order valence-corrected chi connectivity index (χ0v) is 16.2. The molecule has 3 rings (SSSR count). The van der Waals surface area contributed by atoms with Crippen LogP contribution >= 0.6 is 0 Å². The zero-order chi connectivity index (χ0) is 21.3. The molecule has 0 aliphatic carbocycles. The van der Waals surface area contributed by atoms with Crippen molar-refractivity contribution in [2.24, 2.45) is 5.10 Å². The molecule has 0 fully saturated rings. The maximum atomic E-state index is 12.0. The fourth-order valence-corrected chi connectivity index (χ4v) is 2.66. The minimum absolute atomic E-state index is 0.193. The van der Waals surface area contributed by atoms with Crippen molar-refractivity contribution in [1.29, 1.82) is 0 Å². The molecule has 7 nitrogen and oxygen atoms in total. The smallest absolute Gasteiger partial charge is 0.335 e. The average Bonchev–Trinajstić information content (AvgIpc) is 2.78. The van der Waals surface area contributed by atoms with Crippen LogP contribution in [0.3, 0.4) is 0 Å². The van der Waals surface area contributed by atoms with Crippen molar-refractivity contribution < 1.29 is 24.2 Å². The molecule has 0 saturated carbocycles. The predicted molar refractivity (Wildman–Crippen MR) is 112 cm³/mol. The van der Waals surface area contributed by atoms with E-state index in [2.05, 4.69) is 10.5 Å². The van der Waals surface area contributed by atoms with Gasteiger partial charge in [-0.25, -0.2) is 10.2 Å². The first kappa shape index (κ1) is 20.6. The number of hydrogen-bond acceptors (Lipinski definition) is 5. The van der Waals surface area contributed by atoms with Gasteiger partial charge >= 0.3 is 5.97 Å². The predicted octanol–water partition coefficient (Wildman–Crippen LogP) is 3.74. The third-order valence-corrected chi connectivity index (χ3v) is 4.17. The number of carbonyl (C=O) groups is 2. The number of rotatable bonds is 8. The van der Waals surface area contributed by atoms with Crippen molar-refractivity contribution in [3.63, 3.8) is 0 Å². The molecule has 7 heteroatoms. The number of carbonyl (C=O) groups excluding carboxylic acids is 1. The lowest BCUT2D eigenvalue weighted by Gasteiger charge is -2.11. The quantitative estimate of drug-likeness (QED) is 0.440. The van der Waals surface area contributed by atoms with Gasteiger partial charge in [0.25, 0.3) is 5.91 Å². The second-order valence-corrected chi connectivity index (χ2v) is 6.27. The highest BCUT2D eigenvalue weighted by molar-refractivity contribution is 5.94. The minimum atomic E-state index is -0.988. The van der Waals surface area contributed by atoms with Crippen LogP contribution in [0.4, 0.5) is 0 Å². The first-order valence-electron chi connectivity index (χ1n) is 9.08. The van der Waals surface area contributed by atoms with Crippen molar-refractivity contribution in [1.82, 2.24) is 5.43 Å². The van der Waals surface area contributed by atoms with Gasteiger partial charge in [-0.3, -0.25) is 4.79 Å². The van der Waals surface area contributed by atoms with E-state index in [-0.39, 0.29) is 18.1 Å². The molecule has 2 N–H and O–H groups in total. The van der Waals surface area contributed by atoms with Crippen LogP contribution in [0.25, 0.3) is 0 Å². The molecule has 0 aliphatic rings. The summed E-state index contributed by atoms with van der Waals surface area (Å²) in [4.78, 5) is 23.1. The maximum Gasteiger partial charge on any atom is 0.335 e. The molecule has 0 aliphatic heterocycles. The number of benzene rings is 3. The van der Waals surface area contributed by atoms with E-state index in [0.717, 1.165) is 5.56 Å².